The molecular formula is C31H36N8O3. The van der Waals surface area contributed by atoms with Crippen molar-refractivity contribution < 1.29 is 14.3 Å². The van der Waals surface area contributed by atoms with E-state index >= 15 is 0 Å². The highest BCUT2D eigenvalue weighted by Gasteiger charge is 2.29. The molecule has 11 nitrogen and oxygen atoms in total. The van der Waals surface area contributed by atoms with Crippen molar-refractivity contribution in [3.05, 3.63) is 54.4 Å². The number of benzene rings is 2. The van der Waals surface area contributed by atoms with Crippen molar-refractivity contribution in [1.29, 1.82) is 5.26 Å². The lowest BCUT2D eigenvalue weighted by Gasteiger charge is -2.43. The average Bonchev–Trinajstić information content (AvgIpc) is 3.49. The third-order valence-electron chi connectivity index (χ3n) is 8.23. The number of ether oxygens (including phenoxy) is 2. The molecule has 3 aliphatic rings. The highest BCUT2D eigenvalue weighted by atomic mass is 16.5. The number of hydrogen-bond donors (Lipinski definition) is 1. The minimum absolute atomic E-state index is 0.176. The van der Waals surface area contributed by atoms with Crippen LogP contribution in [0.2, 0.25) is 0 Å². The molecule has 1 aromatic heterocycles. The van der Waals surface area contributed by atoms with Crippen LogP contribution in [0, 0.1) is 17.2 Å². The molecule has 4 heterocycles. The maximum Gasteiger partial charge on any atom is 0.230 e. The third kappa shape index (κ3) is 6.45. The molecule has 1 N–H and O–H groups in total. The van der Waals surface area contributed by atoms with Gasteiger partial charge in [-0.25, -0.2) is 9.97 Å². The van der Waals surface area contributed by atoms with Crippen LogP contribution >= 0.6 is 0 Å². The Balaban J connectivity index is 1.08. The van der Waals surface area contributed by atoms with Crippen molar-refractivity contribution in [1.82, 2.24) is 24.8 Å². The van der Waals surface area contributed by atoms with Crippen LogP contribution < -0.4 is 15.0 Å². The molecule has 1 atom stereocenters. The molecule has 1 amide bonds. The van der Waals surface area contributed by atoms with Gasteiger partial charge in [0.15, 0.2) is 5.82 Å². The molecule has 0 bridgehead atoms. The van der Waals surface area contributed by atoms with Crippen LogP contribution in [0.15, 0.2) is 48.8 Å². The number of piperazine rings is 1. The quantitative estimate of drug-likeness (QED) is 0.412. The first-order valence-electron chi connectivity index (χ1n) is 14.7. The van der Waals surface area contributed by atoms with Crippen LogP contribution in [0.5, 0.6) is 5.75 Å². The van der Waals surface area contributed by atoms with E-state index in [0.717, 1.165) is 58.0 Å². The van der Waals surface area contributed by atoms with E-state index in [-0.39, 0.29) is 11.8 Å². The van der Waals surface area contributed by atoms with Gasteiger partial charge >= 0.3 is 0 Å². The summed E-state index contributed by atoms with van der Waals surface area (Å²) in [5, 5.41) is 12.9. The third-order valence-corrected chi connectivity index (χ3v) is 8.23. The number of aromatic nitrogens is 3. The molecule has 11 heteroatoms. The van der Waals surface area contributed by atoms with Gasteiger partial charge in [-0.05, 0) is 48.9 Å². The molecular weight excluding hydrogens is 532 g/mol. The predicted octanol–water partition coefficient (Wildman–Crippen LogP) is 3.31. The normalized spacial score (nSPS) is 19.3. The lowest BCUT2D eigenvalue weighted by Crippen LogP contribution is -2.56. The fourth-order valence-electron chi connectivity index (χ4n) is 5.67. The topological polar surface area (TPSA) is 120 Å². The summed E-state index contributed by atoms with van der Waals surface area (Å²) in [6, 6.07) is 16.4. The summed E-state index contributed by atoms with van der Waals surface area (Å²) in [5.41, 5.74) is 3.21. The lowest BCUT2D eigenvalue weighted by atomic mass is 10.1. The smallest absolute Gasteiger partial charge is 0.230 e. The zero-order valence-corrected chi connectivity index (χ0v) is 23.9. The Kier molecular flexibility index (Phi) is 8.44. The second-order valence-corrected chi connectivity index (χ2v) is 11.0. The van der Waals surface area contributed by atoms with E-state index in [4.69, 9.17) is 9.47 Å². The van der Waals surface area contributed by atoms with Gasteiger partial charge in [-0.3, -0.25) is 9.69 Å². The van der Waals surface area contributed by atoms with E-state index in [1.54, 1.807) is 12.1 Å². The largest absolute Gasteiger partial charge is 0.493 e. The molecule has 0 saturated carbocycles. The molecule has 0 spiro atoms. The summed E-state index contributed by atoms with van der Waals surface area (Å²) in [6.45, 7) is 9.68. The fourth-order valence-corrected chi connectivity index (χ4v) is 5.67. The first-order valence-corrected chi connectivity index (χ1v) is 14.7. The Bertz CT molecular complexity index is 1430. The summed E-state index contributed by atoms with van der Waals surface area (Å²) >= 11 is 0. The summed E-state index contributed by atoms with van der Waals surface area (Å²) in [5.74, 6) is 1.88. The van der Waals surface area contributed by atoms with E-state index < -0.39 is 0 Å². The molecule has 218 valence electrons. The molecule has 6 rings (SSSR count). The maximum atomic E-state index is 12.0. The molecule has 0 unspecified atom stereocenters. The Hall–Kier alpha value is -4.27. The number of nitriles is 1. The van der Waals surface area contributed by atoms with E-state index in [1.165, 1.54) is 12.0 Å². The van der Waals surface area contributed by atoms with Gasteiger partial charge in [0.05, 0.1) is 37.5 Å². The molecule has 3 fully saturated rings. The van der Waals surface area contributed by atoms with Crippen molar-refractivity contribution in [3.8, 4) is 23.2 Å². The van der Waals surface area contributed by atoms with Crippen LogP contribution in [0.1, 0.15) is 25.3 Å². The minimum atomic E-state index is 0.176. The van der Waals surface area contributed by atoms with E-state index in [0.29, 0.717) is 54.3 Å². The highest BCUT2D eigenvalue weighted by Crippen LogP contribution is 2.27. The number of carbonyl (C=O) groups is 1. The van der Waals surface area contributed by atoms with Gasteiger partial charge in [-0.1, -0.05) is 6.92 Å². The van der Waals surface area contributed by atoms with E-state index in [9.17, 15) is 10.1 Å². The van der Waals surface area contributed by atoms with Crippen molar-refractivity contribution in [3.63, 3.8) is 0 Å². The van der Waals surface area contributed by atoms with Crippen LogP contribution in [-0.4, -0.2) is 95.8 Å². The molecule has 3 aliphatic heterocycles. The number of nitrogens with zero attached hydrogens (tertiary/aromatic N) is 7. The van der Waals surface area contributed by atoms with Crippen LogP contribution in [0.3, 0.4) is 0 Å². The summed E-state index contributed by atoms with van der Waals surface area (Å²) in [6.07, 6.45) is 2.89. The van der Waals surface area contributed by atoms with Gasteiger partial charge in [0.2, 0.25) is 11.9 Å². The van der Waals surface area contributed by atoms with E-state index in [2.05, 4.69) is 48.3 Å². The Morgan fingerprint density at radius 3 is 2.62 bits per heavy atom. The maximum absolute atomic E-state index is 12.0. The monoisotopic (exact) mass is 568 g/mol. The van der Waals surface area contributed by atoms with E-state index in [1.807, 2.05) is 30.0 Å². The first kappa shape index (κ1) is 27.9. The molecule has 0 aliphatic carbocycles. The number of likely N-dealkylation sites (tertiary alicyclic amines) is 1. The summed E-state index contributed by atoms with van der Waals surface area (Å²) in [7, 11) is 0. The first-order chi connectivity index (χ1) is 20.6. The fraction of sp³-hybridized carbons (Fsp3) is 0.452. The van der Waals surface area contributed by atoms with Gasteiger partial charge in [0, 0.05) is 68.5 Å². The van der Waals surface area contributed by atoms with Gasteiger partial charge in [0.1, 0.15) is 12.1 Å². The zero-order chi connectivity index (χ0) is 28.9. The van der Waals surface area contributed by atoms with Crippen LogP contribution in [-0.2, 0) is 9.53 Å². The van der Waals surface area contributed by atoms with Gasteiger partial charge in [-0.15, -0.1) is 0 Å². The Labute approximate surface area is 246 Å². The predicted molar refractivity (Wildman–Crippen MR) is 159 cm³/mol. The molecule has 3 aromatic rings. The van der Waals surface area contributed by atoms with Crippen LogP contribution in [0.4, 0.5) is 17.3 Å². The van der Waals surface area contributed by atoms with Gasteiger partial charge in [-0.2, -0.15) is 10.2 Å². The SMILES string of the molecule is CCC(=O)N1CC[C@H](COc2cc(C#N)cc(-c3ncnc(Nc4ccc(N5CCN(C6COC6)CC5)cc4)n3)c2)C1. The Morgan fingerprint density at radius 1 is 1.10 bits per heavy atom. The zero-order valence-electron chi connectivity index (χ0n) is 23.9. The molecule has 42 heavy (non-hydrogen) atoms. The second kappa shape index (κ2) is 12.7. The van der Waals surface area contributed by atoms with Crippen molar-refractivity contribution in [2.75, 3.05) is 69.3 Å². The van der Waals surface area contributed by atoms with Crippen molar-refractivity contribution >= 4 is 23.2 Å². The summed E-state index contributed by atoms with van der Waals surface area (Å²) < 4.78 is 11.4. The van der Waals surface area contributed by atoms with Crippen molar-refractivity contribution in [2.45, 2.75) is 25.8 Å². The second-order valence-electron chi connectivity index (χ2n) is 11.0. The number of nitrogens with one attached hydrogen (secondary N) is 1. The lowest BCUT2D eigenvalue weighted by molar-refractivity contribution is -0.129. The van der Waals surface area contributed by atoms with Crippen LogP contribution in [0.25, 0.3) is 11.4 Å². The number of carbonyl (C=O) groups excluding carboxylic acids is 1. The van der Waals surface area contributed by atoms with Crippen molar-refractivity contribution in [2.24, 2.45) is 5.92 Å². The number of hydrogen-bond acceptors (Lipinski definition) is 10. The number of amides is 1. The molecule has 2 aromatic carbocycles. The Morgan fingerprint density at radius 2 is 1.90 bits per heavy atom. The average molecular weight is 569 g/mol. The number of anilines is 3. The standard InChI is InChI=1S/C31H36N8O3/c1-2-29(40)39-8-7-22(17-39)18-42-28-14-23(16-32)13-24(15-28)30-33-21-34-31(36-30)35-25-3-5-26(6-4-25)37-9-11-38(12-10-37)27-19-41-20-27/h3-6,13-15,21-22,27H,2,7-12,17-20H2,1H3,(H,33,34,35,36)/t22-/m0/s1. The highest BCUT2D eigenvalue weighted by molar-refractivity contribution is 5.76. The summed E-state index contributed by atoms with van der Waals surface area (Å²) in [4.78, 5) is 32.1. The molecule has 3 saturated heterocycles. The minimum Gasteiger partial charge on any atom is -0.493 e. The van der Waals surface area contributed by atoms with Gasteiger partial charge in [0.25, 0.3) is 0 Å². The molecule has 0 radical (unpaired) electrons. The number of rotatable bonds is 9. The van der Waals surface area contributed by atoms with Gasteiger partial charge < -0.3 is 24.6 Å².